The van der Waals surface area contributed by atoms with Crippen LogP contribution in [0.1, 0.15) is 42.1 Å². The molecule has 2 amide bonds. The predicted octanol–water partition coefficient (Wildman–Crippen LogP) is 3.56. The Balaban J connectivity index is 1.42. The van der Waals surface area contributed by atoms with E-state index in [-0.39, 0.29) is 23.6 Å². The van der Waals surface area contributed by atoms with Gasteiger partial charge >= 0.3 is 5.69 Å². The Labute approximate surface area is 175 Å². The summed E-state index contributed by atoms with van der Waals surface area (Å²) >= 11 is 3.48. The van der Waals surface area contributed by atoms with Crippen LogP contribution in [0.5, 0.6) is 0 Å². The van der Waals surface area contributed by atoms with E-state index < -0.39 is 5.91 Å². The summed E-state index contributed by atoms with van der Waals surface area (Å²) in [5.41, 5.74) is 7.84. The van der Waals surface area contributed by atoms with Crippen LogP contribution in [-0.4, -0.2) is 21.4 Å². The second kappa shape index (κ2) is 7.87. The number of primary amides is 1. The number of aromatic nitrogens is 2. The van der Waals surface area contributed by atoms with Crippen molar-refractivity contribution in [1.82, 2.24) is 9.55 Å². The summed E-state index contributed by atoms with van der Waals surface area (Å²) in [4.78, 5) is 39.2. The minimum absolute atomic E-state index is 0.0377. The summed E-state index contributed by atoms with van der Waals surface area (Å²) in [6.45, 7) is 0. The van der Waals surface area contributed by atoms with Crippen LogP contribution in [0.15, 0.2) is 51.7 Å². The number of rotatable bonds is 4. The number of carbonyl (C=O) groups excluding carboxylic acids is 2. The highest BCUT2D eigenvalue weighted by Gasteiger charge is 2.29. The third-order valence-electron chi connectivity index (χ3n) is 5.57. The standard InChI is InChI=1S/C21H21BrN4O3/c22-16-2-1-3-17-18(16)25-21(29)26(17)15-10-6-13(7-11-15)20(28)24-14-8-4-12(5-9-14)19(23)27/h1-5,8-9,13,15H,6-7,10-11H2,(H2,23,27)(H,24,28)(H,25,29)/t13-,15+. The van der Waals surface area contributed by atoms with E-state index in [1.54, 1.807) is 24.3 Å². The monoisotopic (exact) mass is 456 g/mol. The van der Waals surface area contributed by atoms with Gasteiger partial charge in [0.2, 0.25) is 11.8 Å². The summed E-state index contributed by atoms with van der Waals surface area (Å²) in [6, 6.07) is 12.4. The van der Waals surface area contributed by atoms with Gasteiger partial charge < -0.3 is 16.0 Å². The Hall–Kier alpha value is -2.87. The third kappa shape index (κ3) is 3.85. The van der Waals surface area contributed by atoms with Crippen molar-refractivity contribution in [1.29, 1.82) is 0 Å². The molecule has 150 valence electrons. The van der Waals surface area contributed by atoms with Crippen molar-refractivity contribution in [2.24, 2.45) is 11.7 Å². The van der Waals surface area contributed by atoms with E-state index in [9.17, 15) is 14.4 Å². The number of benzene rings is 2. The molecule has 1 aliphatic carbocycles. The molecule has 29 heavy (non-hydrogen) atoms. The van der Waals surface area contributed by atoms with E-state index in [1.807, 2.05) is 22.8 Å². The Morgan fingerprint density at radius 3 is 2.41 bits per heavy atom. The Bertz CT molecular complexity index is 1130. The predicted molar refractivity (Wildman–Crippen MR) is 115 cm³/mol. The molecule has 2 aromatic carbocycles. The van der Waals surface area contributed by atoms with Crippen LogP contribution in [0.4, 0.5) is 5.69 Å². The van der Waals surface area contributed by atoms with Gasteiger partial charge in [-0.15, -0.1) is 0 Å². The van der Waals surface area contributed by atoms with E-state index in [2.05, 4.69) is 26.2 Å². The fourth-order valence-corrected chi connectivity index (χ4v) is 4.49. The van der Waals surface area contributed by atoms with Crippen molar-refractivity contribution in [3.8, 4) is 0 Å². The van der Waals surface area contributed by atoms with Gasteiger partial charge in [-0.1, -0.05) is 6.07 Å². The number of para-hydroxylation sites is 1. The molecule has 0 radical (unpaired) electrons. The molecule has 3 aromatic rings. The van der Waals surface area contributed by atoms with Crippen molar-refractivity contribution in [3.05, 3.63) is 63.0 Å². The lowest BCUT2D eigenvalue weighted by Crippen LogP contribution is -2.31. The molecular weight excluding hydrogens is 436 g/mol. The van der Waals surface area contributed by atoms with Gasteiger partial charge in [-0.3, -0.25) is 14.2 Å². The molecule has 1 aromatic heterocycles. The van der Waals surface area contributed by atoms with E-state index in [0.717, 1.165) is 28.3 Å². The molecule has 0 atom stereocenters. The van der Waals surface area contributed by atoms with Crippen molar-refractivity contribution in [2.45, 2.75) is 31.7 Å². The largest absolute Gasteiger partial charge is 0.366 e. The highest BCUT2D eigenvalue weighted by Crippen LogP contribution is 2.34. The lowest BCUT2D eigenvalue weighted by molar-refractivity contribution is -0.121. The number of halogens is 1. The van der Waals surface area contributed by atoms with Gasteiger partial charge in [0.25, 0.3) is 0 Å². The molecule has 1 heterocycles. The van der Waals surface area contributed by atoms with Crippen LogP contribution in [0, 0.1) is 5.92 Å². The zero-order chi connectivity index (χ0) is 20.5. The highest BCUT2D eigenvalue weighted by molar-refractivity contribution is 9.10. The van der Waals surface area contributed by atoms with Gasteiger partial charge in [-0.25, -0.2) is 4.79 Å². The normalized spacial score (nSPS) is 19.2. The number of nitrogens with two attached hydrogens (primary N) is 1. The van der Waals surface area contributed by atoms with Gasteiger partial charge in [0.1, 0.15) is 0 Å². The number of amides is 2. The minimum Gasteiger partial charge on any atom is -0.366 e. The Morgan fingerprint density at radius 1 is 1.07 bits per heavy atom. The first-order chi connectivity index (χ1) is 13.9. The van der Waals surface area contributed by atoms with Gasteiger partial charge in [0.15, 0.2) is 0 Å². The second-order valence-electron chi connectivity index (χ2n) is 7.37. The van der Waals surface area contributed by atoms with Gasteiger partial charge in [0.05, 0.1) is 11.0 Å². The van der Waals surface area contributed by atoms with E-state index >= 15 is 0 Å². The molecule has 8 heteroatoms. The molecule has 0 spiro atoms. The number of anilines is 1. The van der Waals surface area contributed by atoms with Gasteiger partial charge in [-0.05, 0) is 78.0 Å². The number of H-pyrrole nitrogens is 1. The van der Waals surface area contributed by atoms with E-state index in [0.29, 0.717) is 24.1 Å². The summed E-state index contributed by atoms with van der Waals surface area (Å²) in [5, 5.41) is 2.90. The smallest absolute Gasteiger partial charge is 0.326 e. The topological polar surface area (TPSA) is 110 Å². The van der Waals surface area contributed by atoms with E-state index in [4.69, 9.17) is 5.73 Å². The number of fused-ring (bicyclic) bond motifs is 1. The number of hydrogen-bond acceptors (Lipinski definition) is 3. The summed E-state index contributed by atoms with van der Waals surface area (Å²) in [5.74, 6) is -0.639. The molecule has 1 saturated carbocycles. The molecule has 1 aliphatic rings. The van der Waals surface area contributed by atoms with Crippen LogP contribution in [0.25, 0.3) is 11.0 Å². The molecular formula is C21H21BrN4O3. The first-order valence-electron chi connectivity index (χ1n) is 9.53. The van der Waals surface area contributed by atoms with Crippen LogP contribution >= 0.6 is 15.9 Å². The Kier molecular flexibility index (Phi) is 5.27. The number of nitrogens with one attached hydrogen (secondary N) is 2. The molecule has 0 aliphatic heterocycles. The lowest BCUT2D eigenvalue weighted by atomic mass is 9.85. The maximum absolute atomic E-state index is 12.6. The van der Waals surface area contributed by atoms with Crippen LogP contribution in [0.2, 0.25) is 0 Å². The van der Waals surface area contributed by atoms with Gasteiger partial charge in [0, 0.05) is 27.7 Å². The van der Waals surface area contributed by atoms with Crippen LogP contribution in [-0.2, 0) is 4.79 Å². The summed E-state index contributed by atoms with van der Waals surface area (Å²) in [6.07, 6.45) is 2.95. The van der Waals surface area contributed by atoms with Gasteiger partial charge in [-0.2, -0.15) is 0 Å². The minimum atomic E-state index is -0.499. The fraction of sp³-hybridized carbons (Fsp3) is 0.286. The Morgan fingerprint density at radius 2 is 1.76 bits per heavy atom. The number of carbonyl (C=O) groups is 2. The lowest BCUT2D eigenvalue weighted by Gasteiger charge is -2.28. The molecule has 1 fully saturated rings. The SMILES string of the molecule is NC(=O)c1ccc(NC(=O)[C@H]2CC[C@@H](n3c(=O)[nH]c4c(Br)cccc43)CC2)cc1. The van der Waals surface area contributed by atoms with Crippen molar-refractivity contribution < 1.29 is 9.59 Å². The number of nitrogens with zero attached hydrogens (tertiary/aromatic N) is 1. The molecule has 7 nitrogen and oxygen atoms in total. The summed E-state index contributed by atoms with van der Waals surface area (Å²) in [7, 11) is 0. The highest BCUT2D eigenvalue weighted by atomic mass is 79.9. The molecule has 0 bridgehead atoms. The maximum Gasteiger partial charge on any atom is 0.326 e. The van der Waals surface area contributed by atoms with Crippen LogP contribution in [0.3, 0.4) is 0 Å². The molecule has 0 saturated heterocycles. The van der Waals surface area contributed by atoms with Crippen LogP contribution < -0.4 is 16.7 Å². The fourth-order valence-electron chi connectivity index (χ4n) is 4.03. The third-order valence-corrected chi connectivity index (χ3v) is 6.23. The average Bonchev–Trinajstić information content (AvgIpc) is 3.06. The molecule has 4 rings (SSSR count). The second-order valence-corrected chi connectivity index (χ2v) is 8.22. The number of imidazole rings is 1. The van der Waals surface area contributed by atoms with E-state index in [1.165, 1.54) is 0 Å². The first-order valence-corrected chi connectivity index (χ1v) is 10.3. The van der Waals surface area contributed by atoms with Crippen molar-refractivity contribution in [3.63, 3.8) is 0 Å². The number of hydrogen-bond donors (Lipinski definition) is 3. The number of aromatic amines is 1. The molecule has 4 N–H and O–H groups in total. The first kappa shape index (κ1) is 19.4. The van der Waals surface area contributed by atoms with Crippen molar-refractivity contribution >= 4 is 44.5 Å². The maximum atomic E-state index is 12.6. The quantitative estimate of drug-likeness (QED) is 0.557. The molecule has 0 unspecified atom stereocenters. The van der Waals surface area contributed by atoms with Crippen molar-refractivity contribution in [2.75, 3.05) is 5.32 Å². The summed E-state index contributed by atoms with van der Waals surface area (Å²) < 4.78 is 2.68. The average molecular weight is 457 g/mol. The zero-order valence-electron chi connectivity index (χ0n) is 15.7. The zero-order valence-corrected chi connectivity index (χ0v) is 17.2.